The van der Waals surface area contributed by atoms with Crippen molar-refractivity contribution < 1.29 is 14.1 Å². The van der Waals surface area contributed by atoms with Crippen molar-refractivity contribution in [3.63, 3.8) is 0 Å². The fraction of sp³-hybridized carbons (Fsp3) is 0.273. The number of para-hydroxylation sites is 1. The topological polar surface area (TPSA) is 95.1 Å². The highest BCUT2D eigenvalue weighted by Gasteiger charge is 2.20. The number of benzene rings is 2. The quantitative estimate of drug-likeness (QED) is 0.536. The van der Waals surface area contributed by atoms with Gasteiger partial charge in [0.2, 0.25) is 0 Å². The van der Waals surface area contributed by atoms with Crippen LogP contribution in [0.4, 0.5) is 4.79 Å². The number of aromatic nitrogens is 4. The molecule has 2 aromatic heterocycles. The molecule has 0 bridgehead atoms. The summed E-state index contributed by atoms with van der Waals surface area (Å²) in [4.78, 5) is 16.2. The smallest absolute Gasteiger partial charge is 0.408 e. The minimum Gasteiger partial charge on any atom is -0.444 e. The first-order valence-electron chi connectivity index (χ1n) is 9.68. The lowest BCUT2D eigenvalue weighted by Gasteiger charge is -2.19. The molecule has 0 atom stereocenters. The second-order valence-corrected chi connectivity index (χ2v) is 7.88. The van der Waals surface area contributed by atoms with Gasteiger partial charge in [-0.15, -0.1) is 0 Å². The third kappa shape index (κ3) is 4.48. The summed E-state index contributed by atoms with van der Waals surface area (Å²) >= 11 is 0. The molecular formula is C22H23N5O3. The van der Waals surface area contributed by atoms with E-state index < -0.39 is 11.7 Å². The maximum atomic E-state index is 11.8. The van der Waals surface area contributed by atoms with E-state index in [2.05, 4.69) is 27.6 Å². The Morgan fingerprint density at radius 1 is 1.10 bits per heavy atom. The zero-order valence-corrected chi connectivity index (χ0v) is 17.1. The van der Waals surface area contributed by atoms with Crippen LogP contribution in [0.25, 0.3) is 22.5 Å². The molecule has 2 aromatic carbocycles. The maximum Gasteiger partial charge on any atom is 0.408 e. The van der Waals surface area contributed by atoms with Gasteiger partial charge < -0.3 is 14.6 Å². The zero-order valence-electron chi connectivity index (χ0n) is 17.1. The van der Waals surface area contributed by atoms with Crippen molar-refractivity contribution in [1.82, 2.24) is 25.2 Å². The van der Waals surface area contributed by atoms with E-state index in [1.807, 2.05) is 47.1 Å². The Morgan fingerprint density at radius 3 is 2.60 bits per heavy atom. The Hall–Kier alpha value is -3.68. The second kappa shape index (κ2) is 7.98. The first-order chi connectivity index (χ1) is 14.4. The van der Waals surface area contributed by atoms with Gasteiger partial charge in [-0.1, -0.05) is 53.7 Å². The molecule has 0 radical (unpaired) electrons. The number of rotatable bonds is 5. The van der Waals surface area contributed by atoms with Gasteiger partial charge in [0.15, 0.2) is 11.5 Å². The monoisotopic (exact) mass is 405 g/mol. The molecule has 0 spiro atoms. The molecular weight excluding hydrogens is 382 g/mol. The minimum atomic E-state index is -0.572. The highest BCUT2D eigenvalue weighted by atomic mass is 16.6. The van der Waals surface area contributed by atoms with Crippen molar-refractivity contribution in [2.45, 2.75) is 39.5 Å². The molecule has 4 rings (SSSR count). The Morgan fingerprint density at radius 2 is 1.83 bits per heavy atom. The van der Waals surface area contributed by atoms with E-state index in [1.165, 1.54) is 0 Å². The van der Waals surface area contributed by atoms with Crippen LogP contribution in [0.3, 0.4) is 0 Å². The fourth-order valence-electron chi connectivity index (χ4n) is 3.05. The first-order valence-corrected chi connectivity index (χ1v) is 9.68. The number of alkyl carbamates (subject to hydrolysis) is 1. The Labute approximate surface area is 173 Å². The molecule has 0 saturated carbocycles. The normalized spacial score (nSPS) is 11.6. The van der Waals surface area contributed by atoms with Crippen molar-refractivity contribution in [3.8, 4) is 11.6 Å². The Balaban J connectivity index is 1.56. The lowest BCUT2D eigenvalue weighted by Crippen LogP contribution is -2.32. The van der Waals surface area contributed by atoms with Crippen LogP contribution in [-0.2, 0) is 17.8 Å². The number of hydrogen-bond acceptors (Lipinski definition) is 6. The summed E-state index contributed by atoms with van der Waals surface area (Å²) in [5, 5.41) is 12.2. The molecule has 0 unspecified atom stereocenters. The maximum absolute atomic E-state index is 11.8. The van der Waals surface area contributed by atoms with Crippen LogP contribution in [0.2, 0.25) is 0 Å². The van der Waals surface area contributed by atoms with Gasteiger partial charge in [0.1, 0.15) is 5.60 Å². The van der Waals surface area contributed by atoms with Crippen molar-refractivity contribution in [2.75, 3.05) is 0 Å². The van der Waals surface area contributed by atoms with E-state index in [1.54, 1.807) is 20.8 Å². The van der Waals surface area contributed by atoms with Gasteiger partial charge in [-0.05, 0) is 32.4 Å². The van der Waals surface area contributed by atoms with Gasteiger partial charge in [-0.2, -0.15) is 10.1 Å². The molecule has 8 nitrogen and oxygen atoms in total. The van der Waals surface area contributed by atoms with E-state index in [0.717, 1.165) is 16.5 Å². The molecule has 0 saturated heterocycles. The summed E-state index contributed by atoms with van der Waals surface area (Å²) in [5.74, 6) is 0.650. The highest BCUT2D eigenvalue weighted by Crippen LogP contribution is 2.27. The van der Waals surface area contributed by atoms with Crippen LogP contribution >= 0.6 is 0 Å². The van der Waals surface area contributed by atoms with Gasteiger partial charge in [0.25, 0.3) is 5.89 Å². The number of amides is 1. The molecule has 2 heterocycles. The van der Waals surface area contributed by atoms with Gasteiger partial charge >= 0.3 is 6.09 Å². The summed E-state index contributed by atoms with van der Waals surface area (Å²) in [7, 11) is 0. The van der Waals surface area contributed by atoms with Crippen LogP contribution in [0, 0.1) is 0 Å². The molecule has 154 valence electrons. The Bertz CT molecular complexity index is 1160. The number of nitrogens with zero attached hydrogens (tertiary/aromatic N) is 4. The van der Waals surface area contributed by atoms with Gasteiger partial charge in [0, 0.05) is 5.39 Å². The second-order valence-electron chi connectivity index (χ2n) is 7.88. The van der Waals surface area contributed by atoms with Gasteiger partial charge in [-0.3, -0.25) is 4.68 Å². The molecule has 0 aliphatic heterocycles. The average Bonchev–Trinajstić information content (AvgIpc) is 3.31. The number of ether oxygens (including phenoxy) is 1. The summed E-state index contributed by atoms with van der Waals surface area (Å²) in [6.45, 7) is 6.13. The molecule has 4 aromatic rings. The molecule has 30 heavy (non-hydrogen) atoms. The van der Waals surface area contributed by atoms with E-state index in [-0.39, 0.29) is 6.54 Å². The standard InChI is InChI=1S/C22H23N5O3/c1-22(2,3)29-21(28)23-13-18-24-20(30-26-18)19-16-11-7-8-12-17(16)27(25-19)14-15-9-5-4-6-10-15/h4-12H,13-14H2,1-3H3,(H,23,28). The van der Waals surface area contributed by atoms with Crippen LogP contribution in [0.1, 0.15) is 32.2 Å². The molecule has 0 aliphatic rings. The highest BCUT2D eigenvalue weighted by molar-refractivity contribution is 5.91. The number of nitrogens with one attached hydrogen (secondary N) is 1. The Kier molecular flexibility index (Phi) is 5.22. The third-order valence-electron chi connectivity index (χ3n) is 4.29. The largest absolute Gasteiger partial charge is 0.444 e. The molecule has 8 heteroatoms. The van der Waals surface area contributed by atoms with E-state index >= 15 is 0 Å². The first kappa shape index (κ1) is 19.6. The molecule has 0 fully saturated rings. The predicted octanol–water partition coefficient (Wildman–Crippen LogP) is 4.16. The van der Waals surface area contributed by atoms with E-state index in [4.69, 9.17) is 14.4 Å². The predicted molar refractivity (Wildman–Crippen MR) is 112 cm³/mol. The zero-order chi connectivity index (χ0) is 21.1. The van der Waals surface area contributed by atoms with Gasteiger partial charge in [-0.25, -0.2) is 4.79 Å². The fourth-order valence-corrected chi connectivity index (χ4v) is 3.05. The third-order valence-corrected chi connectivity index (χ3v) is 4.29. The molecule has 0 aliphatic carbocycles. The lowest BCUT2D eigenvalue weighted by molar-refractivity contribution is 0.0522. The number of carbonyl (C=O) groups excluding carboxylic acids is 1. The van der Waals surface area contributed by atoms with E-state index in [9.17, 15) is 4.79 Å². The minimum absolute atomic E-state index is 0.0983. The SMILES string of the molecule is CC(C)(C)OC(=O)NCc1noc(-c2nn(Cc3ccccc3)c3ccccc23)n1. The number of hydrogen-bond donors (Lipinski definition) is 1. The summed E-state index contributed by atoms with van der Waals surface area (Å²) < 4.78 is 12.6. The van der Waals surface area contributed by atoms with Crippen molar-refractivity contribution >= 4 is 17.0 Å². The van der Waals surface area contributed by atoms with Gasteiger partial charge in [0.05, 0.1) is 18.6 Å². The van der Waals surface area contributed by atoms with Crippen molar-refractivity contribution in [2.24, 2.45) is 0 Å². The summed E-state index contributed by atoms with van der Waals surface area (Å²) in [6, 6.07) is 18.0. The number of fused-ring (bicyclic) bond motifs is 1. The molecule has 1 N–H and O–H groups in total. The summed E-state index contributed by atoms with van der Waals surface area (Å²) in [5.41, 5.74) is 2.15. The van der Waals surface area contributed by atoms with Crippen molar-refractivity contribution in [3.05, 3.63) is 66.0 Å². The van der Waals surface area contributed by atoms with Crippen LogP contribution in [0.15, 0.2) is 59.1 Å². The summed E-state index contributed by atoms with van der Waals surface area (Å²) in [6.07, 6.45) is -0.536. The molecule has 1 amide bonds. The van der Waals surface area contributed by atoms with Crippen molar-refractivity contribution in [1.29, 1.82) is 0 Å². The van der Waals surface area contributed by atoms with E-state index in [0.29, 0.717) is 24.0 Å². The van der Waals surface area contributed by atoms with Crippen LogP contribution in [0.5, 0.6) is 0 Å². The van der Waals surface area contributed by atoms with Crippen LogP contribution in [-0.4, -0.2) is 31.6 Å². The lowest BCUT2D eigenvalue weighted by atomic mass is 10.2. The average molecular weight is 405 g/mol. The number of carbonyl (C=O) groups is 1. The van der Waals surface area contributed by atoms with Crippen LogP contribution < -0.4 is 5.32 Å².